The zero-order valence-corrected chi connectivity index (χ0v) is 8.79. The highest BCUT2D eigenvalue weighted by Gasteiger charge is 2.28. The van der Waals surface area contributed by atoms with Crippen LogP contribution in [0.1, 0.15) is 26.2 Å². The van der Waals surface area contributed by atoms with E-state index in [-0.39, 0.29) is 12.0 Å². The van der Waals surface area contributed by atoms with E-state index < -0.39 is 0 Å². The molecule has 0 saturated carbocycles. The van der Waals surface area contributed by atoms with Crippen LogP contribution in [0.3, 0.4) is 0 Å². The van der Waals surface area contributed by atoms with Gasteiger partial charge in [0.25, 0.3) is 0 Å². The monoisotopic (exact) mass is 197 g/mol. The van der Waals surface area contributed by atoms with Crippen LogP contribution in [0, 0.1) is 5.92 Å². The Hall–Kier alpha value is -0.830. The van der Waals surface area contributed by atoms with Crippen molar-refractivity contribution in [1.82, 2.24) is 5.32 Å². The molecule has 1 rings (SSSR count). The van der Waals surface area contributed by atoms with Crippen LogP contribution in [0.2, 0.25) is 0 Å². The fourth-order valence-electron chi connectivity index (χ4n) is 1.54. The van der Waals surface area contributed by atoms with Crippen LogP contribution in [-0.2, 0) is 9.53 Å². The third kappa shape index (κ3) is 3.14. The Morgan fingerprint density at radius 2 is 2.50 bits per heavy atom. The standard InChI is InChI=1S/C11H19NO2/c1-3-5-6-14-11(13)10-7-9(4-2)8-12-10/h4,9-10,12H,2-3,5-8H2,1H3. The van der Waals surface area contributed by atoms with Gasteiger partial charge in [-0.2, -0.15) is 0 Å². The first kappa shape index (κ1) is 11.2. The number of nitrogens with one attached hydrogen (secondary N) is 1. The predicted octanol–water partition coefficient (Wildman–Crippen LogP) is 1.49. The van der Waals surface area contributed by atoms with Crippen LogP contribution in [0.25, 0.3) is 0 Å². The molecule has 0 aromatic heterocycles. The van der Waals surface area contributed by atoms with Gasteiger partial charge in [0, 0.05) is 6.54 Å². The first-order valence-corrected chi connectivity index (χ1v) is 5.30. The molecule has 1 fully saturated rings. The highest BCUT2D eigenvalue weighted by molar-refractivity contribution is 5.76. The Morgan fingerprint density at radius 3 is 3.07 bits per heavy atom. The van der Waals surface area contributed by atoms with Gasteiger partial charge >= 0.3 is 5.97 Å². The summed E-state index contributed by atoms with van der Waals surface area (Å²) in [5.41, 5.74) is 0. The van der Waals surface area contributed by atoms with E-state index in [1.54, 1.807) is 0 Å². The first-order valence-electron chi connectivity index (χ1n) is 5.30. The van der Waals surface area contributed by atoms with Crippen molar-refractivity contribution in [3.8, 4) is 0 Å². The summed E-state index contributed by atoms with van der Waals surface area (Å²) < 4.78 is 5.12. The second-order valence-corrected chi connectivity index (χ2v) is 3.71. The van der Waals surface area contributed by atoms with Gasteiger partial charge in [-0.15, -0.1) is 6.58 Å². The van der Waals surface area contributed by atoms with E-state index in [9.17, 15) is 4.79 Å². The lowest BCUT2D eigenvalue weighted by atomic mass is 10.1. The molecule has 3 nitrogen and oxygen atoms in total. The normalized spacial score (nSPS) is 26.1. The minimum Gasteiger partial charge on any atom is -0.465 e. The summed E-state index contributed by atoms with van der Waals surface area (Å²) in [4.78, 5) is 11.5. The van der Waals surface area contributed by atoms with Gasteiger partial charge in [-0.1, -0.05) is 19.4 Å². The van der Waals surface area contributed by atoms with Crippen LogP contribution in [0.15, 0.2) is 12.7 Å². The van der Waals surface area contributed by atoms with Gasteiger partial charge in [0.2, 0.25) is 0 Å². The van der Waals surface area contributed by atoms with E-state index in [0.717, 1.165) is 25.8 Å². The molecule has 2 atom stereocenters. The number of rotatable bonds is 5. The van der Waals surface area contributed by atoms with E-state index in [4.69, 9.17) is 4.74 Å². The number of hydrogen-bond acceptors (Lipinski definition) is 3. The molecule has 2 unspecified atom stereocenters. The quantitative estimate of drug-likeness (QED) is 0.412. The topological polar surface area (TPSA) is 38.3 Å². The Bertz CT molecular complexity index is 203. The summed E-state index contributed by atoms with van der Waals surface area (Å²) in [6, 6.07) is -0.116. The van der Waals surface area contributed by atoms with Crippen molar-refractivity contribution >= 4 is 5.97 Å². The number of unbranched alkanes of at least 4 members (excludes halogenated alkanes) is 1. The first-order chi connectivity index (χ1) is 6.77. The lowest BCUT2D eigenvalue weighted by molar-refractivity contribution is -0.145. The van der Waals surface area contributed by atoms with E-state index in [2.05, 4.69) is 18.8 Å². The number of carbonyl (C=O) groups excluding carboxylic acids is 1. The molecule has 3 heteroatoms. The van der Waals surface area contributed by atoms with Crippen LogP contribution in [0.4, 0.5) is 0 Å². The van der Waals surface area contributed by atoms with E-state index >= 15 is 0 Å². The highest BCUT2D eigenvalue weighted by Crippen LogP contribution is 2.15. The van der Waals surface area contributed by atoms with Gasteiger partial charge in [-0.3, -0.25) is 4.79 Å². The Kier molecular flexibility index (Phi) is 4.66. The molecule has 0 bridgehead atoms. The van der Waals surface area contributed by atoms with Crippen molar-refractivity contribution < 1.29 is 9.53 Å². The van der Waals surface area contributed by atoms with Crippen LogP contribution >= 0.6 is 0 Å². The number of carbonyl (C=O) groups is 1. The number of hydrogen-bond donors (Lipinski definition) is 1. The molecule has 0 aromatic rings. The fourth-order valence-corrected chi connectivity index (χ4v) is 1.54. The molecule has 1 heterocycles. The average Bonchev–Trinajstić information content (AvgIpc) is 2.66. The number of esters is 1. The molecule has 0 aliphatic carbocycles. The van der Waals surface area contributed by atoms with Crippen LogP contribution in [-0.4, -0.2) is 25.2 Å². The molecule has 1 aliphatic rings. The summed E-state index contributed by atoms with van der Waals surface area (Å²) in [6.45, 7) is 7.19. The van der Waals surface area contributed by atoms with Crippen molar-refractivity contribution in [3.05, 3.63) is 12.7 Å². The van der Waals surface area contributed by atoms with Gasteiger partial charge in [0.05, 0.1) is 6.61 Å². The summed E-state index contributed by atoms with van der Waals surface area (Å²) >= 11 is 0. The van der Waals surface area contributed by atoms with Gasteiger partial charge in [0.1, 0.15) is 6.04 Å². The highest BCUT2D eigenvalue weighted by atomic mass is 16.5. The van der Waals surface area contributed by atoms with Crippen molar-refractivity contribution in [3.63, 3.8) is 0 Å². The van der Waals surface area contributed by atoms with Crippen LogP contribution < -0.4 is 5.32 Å². The molecule has 0 aromatic carbocycles. The Morgan fingerprint density at radius 1 is 1.71 bits per heavy atom. The van der Waals surface area contributed by atoms with Crippen molar-refractivity contribution in [2.75, 3.05) is 13.2 Å². The molecule has 80 valence electrons. The third-order valence-electron chi connectivity index (χ3n) is 2.52. The largest absolute Gasteiger partial charge is 0.465 e. The summed E-state index contributed by atoms with van der Waals surface area (Å²) in [5, 5.41) is 3.14. The average molecular weight is 197 g/mol. The zero-order chi connectivity index (χ0) is 10.4. The molecule has 1 aliphatic heterocycles. The molecule has 14 heavy (non-hydrogen) atoms. The molecule has 1 saturated heterocycles. The Balaban J connectivity index is 2.21. The minimum absolute atomic E-state index is 0.109. The van der Waals surface area contributed by atoms with Gasteiger partial charge in [-0.05, 0) is 18.8 Å². The summed E-state index contributed by atoms with van der Waals surface area (Å²) in [5.74, 6) is 0.307. The van der Waals surface area contributed by atoms with Crippen molar-refractivity contribution in [1.29, 1.82) is 0 Å². The molecule has 1 N–H and O–H groups in total. The van der Waals surface area contributed by atoms with E-state index in [0.29, 0.717) is 12.5 Å². The van der Waals surface area contributed by atoms with E-state index in [1.165, 1.54) is 0 Å². The maximum atomic E-state index is 11.5. The Labute approximate surface area is 85.5 Å². The van der Waals surface area contributed by atoms with Gasteiger partial charge in [0.15, 0.2) is 0 Å². The third-order valence-corrected chi connectivity index (χ3v) is 2.52. The van der Waals surface area contributed by atoms with Gasteiger partial charge in [-0.25, -0.2) is 0 Å². The van der Waals surface area contributed by atoms with Crippen molar-refractivity contribution in [2.45, 2.75) is 32.2 Å². The second kappa shape index (κ2) is 5.81. The van der Waals surface area contributed by atoms with Gasteiger partial charge < -0.3 is 10.1 Å². The smallest absolute Gasteiger partial charge is 0.323 e. The minimum atomic E-state index is -0.116. The molecule has 0 spiro atoms. The molecule has 0 amide bonds. The van der Waals surface area contributed by atoms with Crippen LogP contribution in [0.5, 0.6) is 0 Å². The maximum absolute atomic E-state index is 11.5. The zero-order valence-electron chi connectivity index (χ0n) is 8.79. The van der Waals surface area contributed by atoms with E-state index in [1.807, 2.05) is 6.08 Å². The summed E-state index contributed by atoms with van der Waals surface area (Å²) in [6.07, 6.45) is 4.73. The molecular formula is C11H19NO2. The van der Waals surface area contributed by atoms with Crippen molar-refractivity contribution in [2.24, 2.45) is 5.92 Å². The number of ether oxygens (including phenoxy) is 1. The lowest BCUT2D eigenvalue weighted by Crippen LogP contribution is -2.32. The molecule has 0 radical (unpaired) electrons. The molecular weight excluding hydrogens is 178 g/mol. The lowest BCUT2D eigenvalue weighted by Gasteiger charge is -2.09. The predicted molar refractivity (Wildman–Crippen MR) is 56.0 cm³/mol. The maximum Gasteiger partial charge on any atom is 0.323 e. The SMILES string of the molecule is C=CC1CNC(C(=O)OCCCC)C1. The summed E-state index contributed by atoms with van der Waals surface area (Å²) in [7, 11) is 0. The fraction of sp³-hybridized carbons (Fsp3) is 0.727. The second-order valence-electron chi connectivity index (χ2n) is 3.71.